The van der Waals surface area contributed by atoms with E-state index in [0.29, 0.717) is 0 Å². The van der Waals surface area contributed by atoms with Gasteiger partial charge in [0.05, 0.1) is 10.5 Å². The highest BCUT2D eigenvalue weighted by Crippen LogP contribution is 2.43. The van der Waals surface area contributed by atoms with Gasteiger partial charge in [-0.2, -0.15) is 0 Å². The average Bonchev–Trinajstić information content (AvgIpc) is 2.84. The highest BCUT2D eigenvalue weighted by atomic mass is 32.2. The van der Waals surface area contributed by atoms with Crippen LogP contribution < -0.4 is 5.32 Å². The summed E-state index contributed by atoms with van der Waals surface area (Å²) in [7, 11) is -1.04. The number of nitrogens with one attached hydrogen (secondary N) is 1. The number of sulfone groups is 1. The van der Waals surface area contributed by atoms with Crippen LogP contribution in [0.2, 0.25) is 0 Å². The summed E-state index contributed by atoms with van der Waals surface area (Å²) in [5.74, 6) is 0. The Morgan fingerprint density at radius 3 is 2.24 bits per heavy atom. The lowest BCUT2D eigenvalue weighted by atomic mass is 9.87. The van der Waals surface area contributed by atoms with Crippen LogP contribution in [-0.4, -0.2) is 32.0 Å². The molecule has 0 amide bonds. The maximum Gasteiger partial charge on any atom is 0.157 e. The van der Waals surface area contributed by atoms with E-state index >= 15 is 0 Å². The Balaban J connectivity index is 2.22. The molecule has 0 heterocycles. The molecule has 2 rings (SSSR count). The summed E-state index contributed by atoms with van der Waals surface area (Å²) in [5, 5.41) is 3.04. The molecule has 0 spiro atoms. The molecule has 2 atom stereocenters. The summed E-state index contributed by atoms with van der Waals surface area (Å²) >= 11 is 0. The standard InChI is InChI=1S/C13H25NO2S/c1-13(2)9-8-11(12(13)14-3)17(15,16)10-6-4-5-7-10/h10-12,14H,4-9H2,1-3H3. The van der Waals surface area contributed by atoms with Crippen LogP contribution >= 0.6 is 0 Å². The Bertz CT molecular complexity index is 369. The summed E-state index contributed by atoms with van der Waals surface area (Å²) < 4.78 is 25.3. The van der Waals surface area contributed by atoms with Crippen molar-refractivity contribution in [2.45, 2.75) is 68.9 Å². The lowest BCUT2D eigenvalue weighted by molar-refractivity contribution is 0.297. The van der Waals surface area contributed by atoms with Crippen LogP contribution in [-0.2, 0) is 9.84 Å². The van der Waals surface area contributed by atoms with Gasteiger partial charge >= 0.3 is 0 Å². The zero-order valence-electron chi connectivity index (χ0n) is 11.2. The van der Waals surface area contributed by atoms with Crippen molar-refractivity contribution < 1.29 is 8.42 Å². The second kappa shape index (κ2) is 4.54. The van der Waals surface area contributed by atoms with E-state index in [1.807, 2.05) is 7.05 Å². The van der Waals surface area contributed by atoms with Gasteiger partial charge in [-0.1, -0.05) is 26.7 Å². The Morgan fingerprint density at radius 1 is 1.12 bits per heavy atom. The van der Waals surface area contributed by atoms with Crippen molar-refractivity contribution in [3.63, 3.8) is 0 Å². The maximum atomic E-state index is 12.7. The molecule has 4 heteroatoms. The first-order valence-corrected chi connectivity index (χ1v) is 8.40. The molecular formula is C13H25NO2S. The summed E-state index contributed by atoms with van der Waals surface area (Å²) in [6, 6.07) is 0.119. The van der Waals surface area contributed by atoms with Crippen LogP contribution in [0.1, 0.15) is 52.4 Å². The van der Waals surface area contributed by atoms with Gasteiger partial charge in [-0.3, -0.25) is 0 Å². The van der Waals surface area contributed by atoms with Crippen molar-refractivity contribution >= 4 is 9.84 Å². The number of hydrogen-bond donors (Lipinski definition) is 1. The van der Waals surface area contributed by atoms with E-state index < -0.39 is 9.84 Å². The van der Waals surface area contributed by atoms with Gasteiger partial charge in [0.25, 0.3) is 0 Å². The SMILES string of the molecule is CNC1C(S(=O)(=O)C2CCCC2)CCC1(C)C. The summed E-state index contributed by atoms with van der Waals surface area (Å²) in [6.07, 6.45) is 5.78. The molecule has 0 aromatic heterocycles. The summed E-state index contributed by atoms with van der Waals surface area (Å²) in [5.41, 5.74) is 0.102. The first kappa shape index (κ1) is 13.3. The Hall–Kier alpha value is -0.0900. The second-order valence-corrected chi connectivity index (χ2v) is 8.78. The zero-order chi connectivity index (χ0) is 12.7. The van der Waals surface area contributed by atoms with Crippen LogP contribution in [0.3, 0.4) is 0 Å². The average molecular weight is 259 g/mol. The van der Waals surface area contributed by atoms with Gasteiger partial charge in [-0.15, -0.1) is 0 Å². The van der Waals surface area contributed by atoms with E-state index in [2.05, 4.69) is 19.2 Å². The lowest BCUT2D eigenvalue weighted by Crippen LogP contribution is -2.47. The highest BCUT2D eigenvalue weighted by Gasteiger charge is 2.49. The third-order valence-electron chi connectivity index (χ3n) is 4.79. The molecule has 2 saturated carbocycles. The van der Waals surface area contributed by atoms with Crippen LogP contribution in [0, 0.1) is 5.41 Å². The third kappa shape index (κ3) is 2.26. The molecular weight excluding hydrogens is 234 g/mol. The van der Waals surface area contributed by atoms with Gasteiger partial charge < -0.3 is 5.32 Å². The molecule has 0 aromatic carbocycles. The number of hydrogen-bond acceptors (Lipinski definition) is 3. The molecule has 0 radical (unpaired) electrons. The minimum absolute atomic E-state index is 0.0581. The third-order valence-corrected chi connectivity index (χ3v) is 7.54. The summed E-state index contributed by atoms with van der Waals surface area (Å²) in [4.78, 5) is 0. The Morgan fingerprint density at radius 2 is 1.71 bits per heavy atom. The molecule has 2 unspecified atom stereocenters. The quantitative estimate of drug-likeness (QED) is 0.844. The maximum absolute atomic E-state index is 12.7. The topological polar surface area (TPSA) is 46.2 Å². The monoisotopic (exact) mass is 259 g/mol. The Labute approximate surface area is 105 Å². The van der Waals surface area contributed by atoms with Crippen molar-refractivity contribution in [1.82, 2.24) is 5.32 Å². The molecule has 0 bridgehead atoms. The molecule has 1 N–H and O–H groups in total. The predicted molar refractivity (Wildman–Crippen MR) is 70.8 cm³/mol. The van der Waals surface area contributed by atoms with Gasteiger partial charge in [-0.05, 0) is 38.1 Å². The first-order chi connectivity index (χ1) is 7.89. The highest BCUT2D eigenvalue weighted by molar-refractivity contribution is 7.92. The van der Waals surface area contributed by atoms with E-state index in [1.54, 1.807) is 0 Å². The summed E-state index contributed by atoms with van der Waals surface area (Å²) in [6.45, 7) is 4.36. The van der Waals surface area contributed by atoms with Crippen molar-refractivity contribution in [2.75, 3.05) is 7.05 Å². The van der Waals surface area contributed by atoms with Crippen molar-refractivity contribution in [3.8, 4) is 0 Å². The minimum Gasteiger partial charge on any atom is -0.315 e. The van der Waals surface area contributed by atoms with Crippen LogP contribution in [0.25, 0.3) is 0 Å². The van der Waals surface area contributed by atoms with Crippen LogP contribution in [0.4, 0.5) is 0 Å². The molecule has 0 aromatic rings. The fourth-order valence-corrected chi connectivity index (χ4v) is 6.55. The molecule has 2 fully saturated rings. The molecule has 2 aliphatic rings. The number of rotatable bonds is 3. The van der Waals surface area contributed by atoms with Crippen LogP contribution in [0.15, 0.2) is 0 Å². The van der Waals surface area contributed by atoms with Gasteiger partial charge in [0.1, 0.15) is 0 Å². The fraction of sp³-hybridized carbons (Fsp3) is 1.00. The van der Waals surface area contributed by atoms with E-state index in [0.717, 1.165) is 38.5 Å². The van der Waals surface area contributed by atoms with E-state index in [1.165, 1.54) is 0 Å². The van der Waals surface area contributed by atoms with Crippen LogP contribution in [0.5, 0.6) is 0 Å². The minimum atomic E-state index is -2.93. The van der Waals surface area contributed by atoms with Gasteiger partial charge in [-0.25, -0.2) is 8.42 Å². The second-order valence-electron chi connectivity index (χ2n) is 6.33. The first-order valence-electron chi connectivity index (χ1n) is 6.79. The molecule has 2 aliphatic carbocycles. The molecule has 17 heavy (non-hydrogen) atoms. The van der Waals surface area contributed by atoms with Crippen molar-refractivity contribution in [3.05, 3.63) is 0 Å². The smallest absolute Gasteiger partial charge is 0.157 e. The normalized spacial score (nSPS) is 34.3. The molecule has 100 valence electrons. The lowest BCUT2D eigenvalue weighted by Gasteiger charge is -2.31. The molecule has 3 nitrogen and oxygen atoms in total. The van der Waals surface area contributed by atoms with E-state index in [9.17, 15) is 8.42 Å². The predicted octanol–water partition coefficient (Wildman–Crippen LogP) is 2.12. The van der Waals surface area contributed by atoms with E-state index in [-0.39, 0.29) is 22.0 Å². The zero-order valence-corrected chi connectivity index (χ0v) is 12.0. The van der Waals surface area contributed by atoms with Crippen molar-refractivity contribution in [2.24, 2.45) is 5.41 Å². The largest absolute Gasteiger partial charge is 0.315 e. The van der Waals surface area contributed by atoms with Gasteiger partial charge in [0, 0.05) is 6.04 Å². The van der Waals surface area contributed by atoms with Crippen molar-refractivity contribution in [1.29, 1.82) is 0 Å². The fourth-order valence-electron chi connectivity index (χ4n) is 3.73. The Kier molecular flexibility index (Phi) is 3.56. The molecule has 0 saturated heterocycles. The van der Waals surface area contributed by atoms with Gasteiger partial charge in [0.2, 0.25) is 0 Å². The molecule has 0 aliphatic heterocycles. The van der Waals surface area contributed by atoms with E-state index in [4.69, 9.17) is 0 Å². The van der Waals surface area contributed by atoms with Gasteiger partial charge in [0.15, 0.2) is 9.84 Å².